The molecule has 0 amide bonds. The van der Waals surface area contributed by atoms with Gasteiger partial charge in [-0.25, -0.2) is 18.4 Å². The smallest absolute Gasteiger partial charge is 0.351 e. The van der Waals surface area contributed by atoms with Gasteiger partial charge in [-0.2, -0.15) is 0 Å². The van der Waals surface area contributed by atoms with Crippen molar-refractivity contribution in [1.29, 1.82) is 0 Å². The molecule has 0 aliphatic carbocycles. The van der Waals surface area contributed by atoms with Crippen LogP contribution in [-0.4, -0.2) is 88.3 Å². The number of hydrogen-bond acceptors (Lipinski definition) is 16. The molecule has 0 N–H and O–H groups in total. The molecule has 0 fully saturated rings. The maximum absolute atomic E-state index is 16.7. The molecule has 0 saturated heterocycles. The molecule has 12 rings (SSSR count). The van der Waals surface area contributed by atoms with Crippen LogP contribution in [0, 0.1) is 61.0 Å². The summed E-state index contributed by atoms with van der Waals surface area (Å²) in [5, 5.41) is 10.7. The van der Waals surface area contributed by atoms with Crippen LogP contribution in [0.3, 0.4) is 0 Å². The molecule has 0 aliphatic rings. The number of benzene rings is 4. The summed E-state index contributed by atoms with van der Waals surface area (Å²) in [4.78, 5) is 45.3. The Hall–Kier alpha value is -2.88. The number of unbranched alkanes of at least 4 members (excludes halogenated alkanes) is 18. The van der Waals surface area contributed by atoms with Gasteiger partial charge in [0.2, 0.25) is 0 Å². The number of hydrogen-bond donors (Lipinski definition) is 0. The Morgan fingerprint density at radius 1 is 0.316 bits per heavy atom. The van der Waals surface area contributed by atoms with E-state index in [4.69, 9.17) is 28.4 Å². The minimum Gasteiger partial charge on any atom is -0.492 e. The van der Waals surface area contributed by atoms with Crippen molar-refractivity contribution in [1.82, 2.24) is 0 Å². The Labute approximate surface area is 875 Å². The number of carbonyl (C=O) groups excluding carboxylic acids is 2. The Morgan fingerprint density at radius 3 is 0.963 bits per heavy atom. The van der Waals surface area contributed by atoms with Crippen LogP contribution in [0.1, 0.15) is 369 Å². The molecule has 22 heteroatoms. The van der Waals surface area contributed by atoms with Gasteiger partial charge in [0, 0.05) is 51.0 Å². The second kappa shape index (κ2) is 58.5. The Bertz CT molecular complexity index is 5550. The van der Waals surface area contributed by atoms with Gasteiger partial charge in [0.1, 0.15) is 21.3 Å². The maximum atomic E-state index is 16.7. The van der Waals surface area contributed by atoms with Crippen molar-refractivity contribution in [2.75, 3.05) is 39.6 Å². The third-order valence-electron chi connectivity index (χ3n) is 27.5. The molecule has 0 saturated carbocycles. The van der Waals surface area contributed by atoms with Crippen molar-refractivity contribution < 1.29 is 46.8 Å². The van der Waals surface area contributed by atoms with Crippen LogP contribution in [0.25, 0.3) is 91.8 Å². The number of ether oxygens (including phenoxy) is 6. The van der Waals surface area contributed by atoms with E-state index < -0.39 is 60.3 Å². The van der Waals surface area contributed by atoms with Gasteiger partial charge in [-0.1, -0.05) is 185 Å². The van der Waals surface area contributed by atoms with Crippen LogP contribution in [0.4, 0.5) is 8.78 Å². The number of halogens is 4. The summed E-state index contributed by atoms with van der Waals surface area (Å²) in [5.41, 5.74) is 0. The van der Waals surface area contributed by atoms with E-state index >= 15 is 4.39 Å². The molecular formula is C114H166Br2F2O8S8Sn2. The summed E-state index contributed by atoms with van der Waals surface area (Å²) in [7, 11) is 0. The zero-order chi connectivity index (χ0) is 98.2. The van der Waals surface area contributed by atoms with Crippen LogP contribution in [-0.2, 0) is 9.47 Å². The monoisotopic (exact) mass is 2350 g/mol. The third kappa shape index (κ3) is 32.1. The molecular weight excluding hydrogens is 2190 g/mol. The van der Waals surface area contributed by atoms with Gasteiger partial charge >= 0.3 is 325 Å². The Morgan fingerprint density at radius 2 is 0.625 bits per heavy atom. The quantitative estimate of drug-likeness (QED) is 0.0212. The molecule has 6 atom stereocenters. The summed E-state index contributed by atoms with van der Waals surface area (Å²) in [5.74, 6) is 4.98. The number of thiophene rings is 8. The van der Waals surface area contributed by atoms with Crippen molar-refractivity contribution in [3.8, 4) is 32.8 Å². The third-order valence-corrected chi connectivity index (χ3v) is 57.4. The van der Waals surface area contributed by atoms with E-state index in [0.29, 0.717) is 76.5 Å². The predicted octanol–water partition coefficient (Wildman–Crippen LogP) is 41.3. The van der Waals surface area contributed by atoms with E-state index in [9.17, 15) is 14.0 Å². The number of fused-ring (bicyclic) bond motifs is 8. The van der Waals surface area contributed by atoms with Crippen molar-refractivity contribution in [2.45, 2.75) is 383 Å². The average molecular weight is 2360 g/mol. The van der Waals surface area contributed by atoms with E-state index in [-0.39, 0.29) is 9.75 Å². The van der Waals surface area contributed by atoms with Crippen LogP contribution >= 0.6 is 123 Å². The summed E-state index contributed by atoms with van der Waals surface area (Å²) in [6.07, 6.45) is 48.9. The van der Waals surface area contributed by atoms with Crippen LogP contribution < -0.4 is 24.7 Å². The molecule has 4 aromatic carbocycles. The zero-order valence-electron chi connectivity index (χ0n) is 86.7. The summed E-state index contributed by atoms with van der Waals surface area (Å²) >= 11 is 15.1. The molecule has 8 nitrogen and oxygen atoms in total. The summed E-state index contributed by atoms with van der Waals surface area (Å²) < 4.78 is 82.5. The normalized spacial score (nSPS) is 13.5. The first-order valence-electron chi connectivity index (χ1n) is 53.1. The molecule has 8 heterocycles. The van der Waals surface area contributed by atoms with Gasteiger partial charge in [-0.15, -0.1) is 68.0 Å². The van der Waals surface area contributed by atoms with E-state index in [0.717, 1.165) is 154 Å². The average Bonchev–Trinajstić information content (AvgIpc) is 1.62. The minimum absolute atomic E-state index is 0.0598. The first-order chi connectivity index (χ1) is 65.5. The van der Waals surface area contributed by atoms with Gasteiger partial charge in [0.05, 0.1) is 53.7 Å². The molecule has 0 spiro atoms. The summed E-state index contributed by atoms with van der Waals surface area (Å²) in [6.45, 7) is 34.9. The Kier molecular flexibility index (Phi) is 49.4. The number of esters is 2. The van der Waals surface area contributed by atoms with E-state index in [1.165, 1.54) is 268 Å². The Balaban J connectivity index is 0.000000234. The molecule has 136 heavy (non-hydrogen) atoms. The predicted molar refractivity (Wildman–Crippen MR) is 615 cm³/mol. The van der Waals surface area contributed by atoms with Crippen molar-refractivity contribution in [3.05, 3.63) is 87.2 Å². The molecule has 754 valence electrons. The number of carbonyl (C=O) groups is 2. The maximum Gasteiger partial charge on any atom is 0.351 e. The molecule has 6 unspecified atom stereocenters. The van der Waals surface area contributed by atoms with E-state index in [2.05, 4.69) is 200 Å². The fourth-order valence-corrected chi connectivity index (χ4v) is 40.4. The van der Waals surface area contributed by atoms with Gasteiger partial charge < -0.3 is 18.9 Å². The van der Waals surface area contributed by atoms with Crippen LogP contribution in [0.15, 0.2) is 56.1 Å². The standard InChI is InChI=1S/C55H77FO4S4.C38H54O2S2.C15H17Br2FO2S2.6CH3.2Sn/c1-9-15-20-22-27-39(25-18-12-4)34-58-50-42-31-46-44(51(41(42)30-45-43(50)29-36(7)61-45)59-35-40(26-19-13-5)28-23-21-16-10-2)32-47(63-46)53-48-49(56)54(64-52(48)37(8)62-53)55(57)60-33-38(14-6)24-17-11-3;1-5-9-13-15-19-29(17-11-7-3)27-39-37-31-21-23-41-35(31)26-34-33(37)25-36-32(22-24-42-36)38(34)40-28-30(18-12-8-4)20-16-14-10-6-2;1-3-5-6-8(4-2)7-20-15(19)12-10(18)9-11(21-12)14(17)22-13(9)16;;;;;;;;/h29-32,38-40H,9-28,33-35H2,1-8H3;21-22,25-26,29-30H,5-20,27-28H2,1-4H3;8H,3-7H2,1-2H3;6*1H3;;. The second-order valence-corrected chi connectivity index (χ2v) is 83.4. The molecule has 0 radical (unpaired) electrons. The van der Waals surface area contributed by atoms with Crippen molar-refractivity contribution in [3.63, 3.8) is 0 Å². The van der Waals surface area contributed by atoms with Crippen LogP contribution in [0.5, 0.6) is 23.0 Å². The fraction of sp³-hybridized carbons (Fsp3) is 0.632. The van der Waals surface area contributed by atoms with Gasteiger partial charge in [0.25, 0.3) is 0 Å². The number of aryl methyl sites for hydroxylation is 2. The molecule has 12 aromatic rings. The molecule has 8 aromatic heterocycles. The zero-order valence-corrected chi connectivity index (χ0v) is 102. The topological polar surface area (TPSA) is 89.5 Å². The second-order valence-electron chi connectivity index (χ2n) is 41.1. The molecule has 0 bridgehead atoms. The molecule has 0 aliphatic heterocycles. The SMILES string of the molecule is CCCCC(CC)COC(=O)c1sc2c(Br)sc(Br)c2c1F.CCCCCCC(CCCC)COc1c2c[c]([Sn]([CH3])([CH3])[CH3])sc2cc2c(OCC(CCCC)CCCCCC)c3c[c]([Sn]([CH3])([CH3])[CH3])sc3cc12.CCCCCCC(CCCC)COc1c2cc(C)sc2cc2c(OCC(CCCC)CCCCCC)c3cc(-c4sc(C)c5sc(C(=O)OCC(CC)CCCC)c(F)c45)sc3cc12. The number of rotatable bonds is 61. The van der Waals surface area contributed by atoms with Crippen LogP contribution in [0.2, 0.25) is 29.6 Å². The first kappa shape index (κ1) is 115. The van der Waals surface area contributed by atoms with Gasteiger partial charge in [0.15, 0.2) is 11.6 Å². The van der Waals surface area contributed by atoms with E-state index in [1.807, 2.05) is 40.9 Å². The van der Waals surface area contributed by atoms with Gasteiger partial charge in [-0.3, -0.25) is 0 Å². The largest absolute Gasteiger partial charge is 0.492 e. The first-order valence-corrected chi connectivity index (χ1v) is 81.2. The van der Waals surface area contributed by atoms with Crippen molar-refractivity contribution in [2.24, 2.45) is 35.5 Å². The van der Waals surface area contributed by atoms with Gasteiger partial charge in [-0.05, 0) is 132 Å². The van der Waals surface area contributed by atoms with E-state index in [1.54, 1.807) is 28.5 Å². The summed E-state index contributed by atoms with van der Waals surface area (Å²) in [6, 6.07) is 19.3. The fourth-order valence-electron chi connectivity index (χ4n) is 18.7. The minimum atomic E-state index is -2.32. The van der Waals surface area contributed by atoms with Crippen molar-refractivity contribution >= 4 is 259 Å².